The molecule has 1 saturated heterocycles. The average molecular weight is 253 g/mol. The summed E-state index contributed by atoms with van der Waals surface area (Å²) in [4.78, 5) is 14.3. The number of nitrogens with one attached hydrogen (secondary N) is 2. The molecule has 2 rings (SSSR count). The van der Waals surface area contributed by atoms with Gasteiger partial charge in [-0.3, -0.25) is 4.79 Å². The van der Waals surface area contributed by atoms with Crippen molar-refractivity contribution in [2.75, 3.05) is 32.7 Å². The quantitative estimate of drug-likeness (QED) is 0.785. The molecule has 0 bridgehead atoms. The Labute approximate surface area is 110 Å². The topological polar surface area (TPSA) is 44.4 Å². The van der Waals surface area contributed by atoms with E-state index in [-0.39, 0.29) is 5.91 Å². The molecule has 1 heterocycles. The molecule has 1 aliphatic carbocycles. The molecule has 1 aliphatic heterocycles. The predicted octanol–water partition coefficient (Wildman–Crippen LogP) is 0.977. The van der Waals surface area contributed by atoms with Gasteiger partial charge < -0.3 is 15.5 Å². The van der Waals surface area contributed by atoms with Crippen LogP contribution in [-0.2, 0) is 4.79 Å². The van der Waals surface area contributed by atoms with Gasteiger partial charge in [0.05, 0.1) is 0 Å². The number of hydrogen-bond donors (Lipinski definition) is 2. The Kier molecular flexibility index (Phi) is 5.45. The largest absolute Gasteiger partial charge is 0.353 e. The molecule has 0 radical (unpaired) electrons. The number of nitrogens with zero attached hydrogens (tertiary/aromatic N) is 1. The maximum Gasteiger partial charge on any atom is 0.221 e. The minimum absolute atomic E-state index is 0.243. The van der Waals surface area contributed by atoms with Crippen LogP contribution in [0, 0.1) is 5.92 Å². The molecule has 2 atom stereocenters. The first kappa shape index (κ1) is 13.8. The molecule has 1 amide bonds. The zero-order valence-electron chi connectivity index (χ0n) is 11.6. The zero-order chi connectivity index (χ0) is 12.8. The molecule has 2 fully saturated rings. The molecule has 0 spiro atoms. The Morgan fingerprint density at radius 1 is 1.33 bits per heavy atom. The van der Waals surface area contributed by atoms with Gasteiger partial charge in [0.25, 0.3) is 0 Å². The minimum Gasteiger partial charge on any atom is -0.353 e. The first-order valence-electron chi connectivity index (χ1n) is 7.46. The van der Waals surface area contributed by atoms with Crippen molar-refractivity contribution in [3.05, 3.63) is 0 Å². The first-order valence-corrected chi connectivity index (χ1v) is 7.46. The van der Waals surface area contributed by atoms with Crippen molar-refractivity contribution in [1.82, 2.24) is 15.5 Å². The van der Waals surface area contributed by atoms with Gasteiger partial charge in [-0.25, -0.2) is 0 Å². The lowest BCUT2D eigenvalue weighted by Crippen LogP contribution is -2.45. The number of hydrogen-bond acceptors (Lipinski definition) is 3. The molecule has 2 N–H and O–H groups in total. The summed E-state index contributed by atoms with van der Waals surface area (Å²) in [6, 6.07) is 0.435. The van der Waals surface area contributed by atoms with Crippen molar-refractivity contribution < 1.29 is 4.79 Å². The number of piperazine rings is 1. The van der Waals surface area contributed by atoms with Crippen LogP contribution in [0.25, 0.3) is 0 Å². The van der Waals surface area contributed by atoms with Crippen LogP contribution >= 0.6 is 0 Å². The Hall–Kier alpha value is -0.610. The van der Waals surface area contributed by atoms with E-state index in [1.165, 1.54) is 25.7 Å². The second-order valence-electron chi connectivity index (χ2n) is 5.88. The Balaban J connectivity index is 1.62. The van der Waals surface area contributed by atoms with Crippen LogP contribution in [-0.4, -0.2) is 49.6 Å². The summed E-state index contributed by atoms with van der Waals surface area (Å²) in [5.74, 6) is 1.02. The molecule has 2 aliphatic rings. The number of carbonyl (C=O) groups excluding carboxylic acids is 1. The summed E-state index contributed by atoms with van der Waals surface area (Å²) in [5.41, 5.74) is 0. The summed E-state index contributed by atoms with van der Waals surface area (Å²) in [6.45, 7) is 7.47. The lowest BCUT2D eigenvalue weighted by Gasteiger charge is -2.29. The summed E-state index contributed by atoms with van der Waals surface area (Å²) in [5, 5.41) is 6.54. The highest BCUT2D eigenvalue weighted by Gasteiger charge is 2.20. The molecule has 4 nitrogen and oxygen atoms in total. The molecular formula is C14H27N3O. The van der Waals surface area contributed by atoms with E-state index >= 15 is 0 Å². The van der Waals surface area contributed by atoms with Gasteiger partial charge in [0.1, 0.15) is 0 Å². The second-order valence-corrected chi connectivity index (χ2v) is 5.88. The van der Waals surface area contributed by atoms with E-state index in [1.54, 1.807) is 0 Å². The number of rotatable bonds is 4. The molecule has 0 aromatic rings. The van der Waals surface area contributed by atoms with Crippen LogP contribution < -0.4 is 10.6 Å². The van der Waals surface area contributed by atoms with Crippen LogP contribution in [0.15, 0.2) is 0 Å². The summed E-state index contributed by atoms with van der Waals surface area (Å²) >= 11 is 0. The SMILES string of the molecule is CC1CCCC(NC(=O)CCN2CCNCC2)C1. The van der Waals surface area contributed by atoms with E-state index in [2.05, 4.69) is 22.5 Å². The van der Waals surface area contributed by atoms with Crippen molar-refractivity contribution in [1.29, 1.82) is 0 Å². The molecule has 104 valence electrons. The summed E-state index contributed by atoms with van der Waals surface area (Å²) in [7, 11) is 0. The van der Waals surface area contributed by atoms with Crippen LogP contribution in [0.5, 0.6) is 0 Å². The van der Waals surface area contributed by atoms with Crippen molar-refractivity contribution in [3.8, 4) is 0 Å². The van der Waals surface area contributed by atoms with Gasteiger partial charge in [0, 0.05) is 45.2 Å². The predicted molar refractivity (Wildman–Crippen MR) is 73.5 cm³/mol. The van der Waals surface area contributed by atoms with Gasteiger partial charge >= 0.3 is 0 Å². The average Bonchev–Trinajstić information content (AvgIpc) is 2.38. The van der Waals surface area contributed by atoms with Crippen molar-refractivity contribution in [3.63, 3.8) is 0 Å². The van der Waals surface area contributed by atoms with Gasteiger partial charge in [-0.15, -0.1) is 0 Å². The number of amides is 1. The van der Waals surface area contributed by atoms with E-state index in [4.69, 9.17) is 0 Å². The lowest BCUT2D eigenvalue weighted by atomic mass is 9.87. The van der Waals surface area contributed by atoms with E-state index in [0.717, 1.165) is 38.6 Å². The number of carbonyl (C=O) groups is 1. The van der Waals surface area contributed by atoms with E-state index < -0.39 is 0 Å². The van der Waals surface area contributed by atoms with Gasteiger partial charge in [-0.2, -0.15) is 0 Å². The smallest absolute Gasteiger partial charge is 0.221 e. The Morgan fingerprint density at radius 2 is 2.11 bits per heavy atom. The zero-order valence-corrected chi connectivity index (χ0v) is 11.6. The third-order valence-electron chi connectivity index (χ3n) is 4.17. The summed E-state index contributed by atoms with van der Waals surface area (Å²) < 4.78 is 0. The van der Waals surface area contributed by atoms with Crippen LogP contribution in [0.2, 0.25) is 0 Å². The Bertz CT molecular complexity index is 264. The monoisotopic (exact) mass is 253 g/mol. The van der Waals surface area contributed by atoms with E-state index in [9.17, 15) is 4.79 Å². The minimum atomic E-state index is 0.243. The molecule has 1 saturated carbocycles. The fourth-order valence-corrected chi connectivity index (χ4v) is 3.06. The third-order valence-corrected chi connectivity index (χ3v) is 4.17. The molecule has 18 heavy (non-hydrogen) atoms. The van der Waals surface area contributed by atoms with Crippen molar-refractivity contribution >= 4 is 5.91 Å². The molecule has 0 aromatic carbocycles. The van der Waals surface area contributed by atoms with Gasteiger partial charge in [-0.1, -0.05) is 19.8 Å². The Morgan fingerprint density at radius 3 is 2.83 bits per heavy atom. The third kappa shape index (κ3) is 4.58. The summed E-state index contributed by atoms with van der Waals surface area (Å²) in [6.07, 6.45) is 5.59. The molecule has 0 aromatic heterocycles. The van der Waals surface area contributed by atoms with E-state index in [1.807, 2.05) is 0 Å². The van der Waals surface area contributed by atoms with Crippen molar-refractivity contribution in [2.45, 2.75) is 45.1 Å². The van der Waals surface area contributed by atoms with Crippen LogP contribution in [0.4, 0.5) is 0 Å². The normalized spacial score (nSPS) is 30.1. The van der Waals surface area contributed by atoms with Crippen LogP contribution in [0.3, 0.4) is 0 Å². The van der Waals surface area contributed by atoms with Crippen molar-refractivity contribution in [2.24, 2.45) is 5.92 Å². The van der Waals surface area contributed by atoms with Gasteiger partial charge in [0.15, 0.2) is 0 Å². The highest BCUT2D eigenvalue weighted by atomic mass is 16.1. The van der Waals surface area contributed by atoms with Gasteiger partial charge in [-0.05, 0) is 18.8 Å². The van der Waals surface area contributed by atoms with Gasteiger partial charge in [0.2, 0.25) is 5.91 Å². The molecule has 4 heteroatoms. The maximum atomic E-state index is 11.9. The van der Waals surface area contributed by atoms with E-state index in [0.29, 0.717) is 12.5 Å². The fourth-order valence-electron chi connectivity index (χ4n) is 3.06. The fraction of sp³-hybridized carbons (Fsp3) is 0.929. The standard InChI is InChI=1S/C14H27N3O/c1-12-3-2-4-13(11-12)16-14(18)5-8-17-9-6-15-7-10-17/h12-13,15H,2-11H2,1H3,(H,16,18). The molecule has 2 unspecified atom stereocenters. The highest BCUT2D eigenvalue weighted by molar-refractivity contribution is 5.76. The second kappa shape index (κ2) is 7.10. The first-order chi connectivity index (χ1) is 8.74. The molecular weight excluding hydrogens is 226 g/mol. The highest BCUT2D eigenvalue weighted by Crippen LogP contribution is 2.23. The van der Waals surface area contributed by atoms with Crippen LogP contribution in [0.1, 0.15) is 39.0 Å². The maximum absolute atomic E-state index is 11.9. The lowest BCUT2D eigenvalue weighted by molar-refractivity contribution is -0.122.